The molecule has 3 N–H and O–H groups in total. The molecule has 1 aliphatic rings. The molecule has 4 nitrogen and oxygen atoms in total. The van der Waals surface area contributed by atoms with Crippen LogP contribution in [0.2, 0.25) is 0 Å². The third-order valence-electron chi connectivity index (χ3n) is 2.94. The minimum Gasteiger partial charge on any atom is -0.378 e. The Hall–Kier alpha value is -0.610. The third-order valence-corrected chi connectivity index (χ3v) is 2.94. The van der Waals surface area contributed by atoms with Crippen molar-refractivity contribution < 1.29 is 9.53 Å². The SMILES string of the molecule is CC(C)NC(CCOC1CCCC1)C(N)=O. The van der Waals surface area contributed by atoms with Crippen molar-refractivity contribution in [1.29, 1.82) is 0 Å². The zero-order valence-electron chi connectivity index (χ0n) is 10.4. The van der Waals surface area contributed by atoms with Crippen molar-refractivity contribution in [2.45, 2.75) is 64.1 Å². The fourth-order valence-corrected chi connectivity index (χ4v) is 2.12. The van der Waals surface area contributed by atoms with Crippen LogP contribution >= 0.6 is 0 Å². The van der Waals surface area contributed by atoms with E-state index in [9.17, 15) is 4.79 Å². The molecule has 1 saturated carbocycles. The number of amides is 1. The zero-order valence-corrected chi connectivity index (χ0v) is 10.4. The molecule has 0 bridgehead atoms. The molecule has 0 saturated heterocycles. The number of carbonyl (C=O) groups is 1. The topological polar surface area (TPSA) is 64.3 Å². The van der Waals surface area contributed by atoms with Gasteiger partial charge in [0.05, 0.1) is 12.1 Å². The molecule has 0 aromatic rings. The van der Waals surface area contributed by atoms with Crippen molar-refractivity contribution >= 4 is 5.91 Å². The Morgan fingerprint density at radius 2 is 2.06 bits per heavy atom. The van der Waals surface area contributed by atoms with Gasteiger partial charge in [0.1, 0.15) is 0 Å². The minimum atomic E-state index is -0.288. The highest BCUT2D eigenvalue weighted by Crippen LogP contribution is 2.20. The summed E-state index contributed by atoms with van der Waals surface area (Å²) in [6.07, 6.45) is 5.96. The number of primary amides is 1. The van der Waals surface area contributed by atoms with Gasteiger partial charge < -0.3 is 15.8 Å². The molecule has 4 heteroatoms. The average Bonchev–Trinajstić information content (AvgIpc) is 2.68. The molecule has 0 spiro atoms. The predicted molar refractivity (Wildman–Crippen MR) is 64.1 cm³/mol. The lowest BCUT2D eigenvalue weighted by molar-refractivity contribution is -0.120. The summed E-state index contributed by atoms with van der Waals surface area (Å²) in [6.45, 7) is 4.64. The molecule has 1 amide bonds. The summed E-state index contributed by atoms with van der Waals surface area (Å²) in [5, 5.41) is 3.15. The maximum Gasteiger partial charge on any atom is 0.234 e. The van der Waals surface area contributed by atoms with Crippen LogP contribution in [0.4, 0.5) is 0 Å². The van der Waals surface area contributed by atoms with E-state index in [2.05, 4.69) is 5.32 Å². The maximum absolute atomic E-state index is 11.2. The molecule has 1 aliphatic carbocycles. The minimum absolute atomic E-state index is 0.263. The second kappa shape index (κ2) is 6.86. The molecule has 1 rings (SSSR count). The quantitative estimate of drug-likeness (QED) is 0.688. The van der Waals surface area contributed by atoms with Gasteiger partial charge in [0.15, 0.2) is 0 Å². The monoisotopic (exact) mass is 228 g/mol. The molecular formula is C12H24N2O2. The van der Waals surface area contributed by atoms with Crippen molar-refractivity contribution in [3.63, 3.8) is 0 Å². The molecule has 0 radical (unpaired) electrons. The molecule has 0 aromatic carbocycles. The highest BCUT2D eigenvalue weighted by molar-refractivity contribution is 5.79. The van der Waals surface area contributed by atoms with Crippen LogP contribution in [0.3, 0.4) is 0 Å². The lowest BCUT2D eigenvalue weighted by atomic mass is 10.2. The van der Waals surface area contributed by atoms with Gasteiger partial charge in [-0.25, -0.2) is 0 Å². The van der Waals surface area contributed by atoms with E-state index in [0.717, 1.165) is 0 Å². The Kier molecular flexibility index (Phi) is 5.77. The number of nitrogens with one attached hydrogen (secondary N) is 1. The van der Waals surface area contributed by atoms with Crippen LogP contribution in [0.5, 0.6) is 0 Å². The second-order valence-electron chi connectivity index (χ2n) is 4.84. The lowest BCUT2D eigenvalue weighted by Gasteiger charge is -2.19. The number of nitrogens with two attached hydrogens (primary N) is 1. The van der Waals surface area contributed by atoms with Crippen LogP contribution in [0, 0.1) is 0 Å². The largest absolute Gasteiger partial charge is 0.378 e. The summed E-state index contributed by atoms with van der Waals surface area (Å²) in [5.41, 5.74) is 5.32. The summed E-state index contributed by atoms with van der Waals surface area (Å²) in [5.74, 6) is -0.288. The molecule has 1 fully saturated rings. The lowest BCUT2D eigenvalue weighted by Crippen LogP contribution is -2.45. The van der Waals surface area contributed by atoms with Crippen LogP contribution < -0.4 is 11.1 Å². The van der Waals surface area contributed by atoms with Crippen molar-refractivity contribution in [3.05, 3.63) is 0 Å². The molecule has 0 aliphatic heterocycles. The van der Waals surface area contributed by atoms with E-state index in [0.29, 0.717) is 19.1 Å². The van der Waals surface area contributed by atoms with Gasteiger partial charge in [0.25, 0.3) is 0 Å². The second-order valence-corrected chi connectivity index (χ2v) is 4.84. The van der Waals surface area contributed by atoms with E-state index in [1.807, 2.05) is 13.8 Å². The van der Waals surface area contributed by atoms with Gasteiger partial charge in [0.2, 0.25) is 5.91 Å². The van der Waals surface area contributed by atoms with E-state index in [1.54, 1.807) is 0 Å². The van der Waals surface area contributed by atoms with Crippen LogP contribution in [0.1, 0.15) is 46.0 Å². The average molecular weight is 228 g/mol. The van der Waals surface area contributed by atoms with Crippen molar-refractivity contribution in [2.75, 3.05) is 6.61 Å². The first-order chi connectivity index (χ1) is 7.59. The van der Waals surface area contributed by atoms with Crippen LogP contribution in [-0.2, 0) is 9.53 Å². The van der Waals surface area contributed by atoms with Gasteiger partial charge in [-0.3, -0.25) is 4.79 Å². The fourth-order valence-electron chi connectivity index (χ4n) is 2.12. The normalized spacial score (nSPS) is 19.2. The first-order valence-electron chi connectivity index (χ1n) is 6.26. The summed E-state index contributed by atoms with van der Waals surface area (Å²) in [4.78, 5) is 11.2. The van der Waals surface area contributed by atoms with Gasteiger partial charge in [-0.1, -0.05) is 26.7 Å². The molecule has 0 heterocycles. The van der Waals surface area contributed by atoms with Gasteiger partial charge in [-0.15, -0.1) is 0 Å². The summed E-state index contributed by atoms with van der Waals surface area (Å²) < 4.78 is 5.72. The number of ether oxygens (including phenoxy) is 1. The van der Waals surface area contributed by atoms with E-state index < -0.39 is 0 Å². The first kappa shape index (κ1) is 13.5. The molecule has 1 atom stereocenters. The van der Waals surface area contributed by atoms with Crippen LogP contribution in [0.15, 0.2) is 0 Å². The third kappa shape index (κ3) is 4.94. The molecular weight excluding hydrogens is 204 g/mol. The number of carbonyl (C=O) groups excluding carboxylic acids is 1. The van der Waals surface area contributed by atoms with Crippen molar-refractivity contribution in [1.82, 2.24) is 5.32 Å². The Labute approximate surface area is 97.9 Å². The van der Waals surface area contributed by atoms with E-state index in [-0.39, 0.29) is 18.0 Å². The Morgan fingerprint density at radius 1 is 1.44 bits per heavy atom. The molecule has 16 heavy (non-hydrogen) atoms. The maximum atomic E-state index is 11.2. The highest BCUT2D eigenvalue weighted by Gasteiger charge is 2.18. The number of hydrogen-bond donors (Lipinski definition) is 2. The smallest absolute Gasteiger partial charge is 0.234 e. The van der Waals surface area contributed by atoms with E-state index in [4.69, 9.17) is 10.5 Å². The fraction of sp³-hybridized carbons (Fsp3) is 0.917. The van der Waals surface area contributed by atoms with Gasteiger partial charge in [-0.2, -0.15) is 0 Å². The number of hydrogen-bond acceptors (Lipinski definition) is 3. The van der Waals surface area contributed by atoms with E-state index in [1.165, 1.54) is 25.7 Å². The molecule has 1 unspecified atom stereocenters. The summed E-state index contributed by atoms with van der Waals surface area (Å²) in [7, 11) is 0. The Bertz CT molecular complexity index is 213. The van der Waals surface area contributed by atoms with Crippen LogP contribution in [-0.4, -0.2) is 30.7 Å². The Morgan fingerprint density at radius 3 is 2.56 bits per heavy atom. The molecule has 0 aromatic heterocycles. The molecule has 94 valence electrons. The van der Waals surface area contributed by atoms with E-state index >= 15 is 0 Å². The Balaban J connectivity index is 2.18. The zero-order chi connectivity index (χ0) is 12.0. The summed E-state index contributed by atoms with van der Waals surface area (Å²) >= 11 is 0. The first-order valence-corrected chi connectivity index (χ1v) is 6.26. The summed E-state index contributed by atoms with van der Waals surface area (Å²) in [6, 6.07) is 0.00498. The standard InChI is InChI=1S/C12H24N2O2/c1-9(2)14-11(12(13)15)7-8-16-10-5-3-4-6-10/h9-11,14H,3-8H2,1-2H3,(H2,13,15). The predicted octanol–water partition coefficient (Wildman–Crippen LogP) is 1.19. The van der Waals surface area contributed by atoms with Gasteiger partial charge in [0, 0.05) is 12.6 Å². The van der Waals surface area contributed by atoms with Gasteiger partial charge in [-0.05, 0) is 19.3 Å². The highest BCUT2D eigenvalue weighted by atomic mass is 16.5. The van der Waals surface area contributed by atoms with Gasteiger partial charge >= 0.3 is 0 Å². The van der Waals surface area contributed by atoms with Crippen LogP contribution in [0.25, 0.3) is 0 Å². The number of rotatable bonds is 7. The van der Waals surface area contributed by atoms with Crippen molar-refractivity contribution in [3.8, 4) is 0 Å². The van der Waals surface area contributed by atoms with Crippen molar-refractivity contribution in [2.24, 2.45) is 5.73 Å².